The maximum absolute atomic E-state index is 12.6. The molecule has 0 spiro atoms. The Morgan fingerprint density at radius 1 is 1.39 bits per heavy atom. The highest BCUT2D eigenvalue weighted by Crippen LogP contribution is 2.40. The molecule has 5 heteroatoms. The summed E-state index contributed by atoms with van der Waals surface area (Å²) < 4.78 is 5.16. The van der Waals surface area contributed by atoms with Gasteiger partial charge in [-0.15, -0.1) is 0 Å². The third kappa shape index (κ3) is 3.07. The predicted molar refractivity (Wildman–Crippen MR) is 85.0 cm³/mol. The number of benzene rings is 1. The maximum Gasteiger partial charge on any atom is 0.347 e. The van der Waals surface area contributed by atoms with Gasteiger partial charge in [-0.3, -0.25) is 4.79 Å². The Balaban J connectivity index is 2.41. The molecule has 0 radical (unpaired) electrons. The van der Waals surface area contributed by atoms with Gasteiger partial charge in [0.25, 0.3) is 0 Å². The smallest absolute Gasteiger partial charge is 0.347 e. The van der Waals surface area contributed by atoms with Crippen LogP contribution < -0.4 is 0 Å². The molecule has 1 fully saturated rings. The number of rotatable bonds is 6. The topological polar surface area (TPSA) is 70.4 Å². The number of nitrogens with zero attached hydrogens (tertiary/aromatic N) is 2. The fourth-order valence-corrected chi connectivity index (χ4v) is 3.24. The minimum Gasteiger partial charge on any atom is -0.463 e. The number of carbonyl (C=O) groups excluding carboxylic acids is 2. The Morgan fingerprint density at radius 3 is 2.65 bits per heavy atom. The molecule has 0 unspecified atom stereocenters. The summed E-state index contributed by atoms with van der Waals surface area (Å²) in [5.41, 5.74) is -0.624. The molecule has 1 amide bonds. The van der Waals surface area contributed by atoms with Gasteiger partial charge in [0.2, 0.25) is 11.4 Å². The van der Waals surface area contributed by atoms with E-state index in [1.807, 2.05) is 37.3 Å². The lowest BCUT2D eigenvalue weighted by molar-refractivity contribution is -0.158. The van der Waals surface area contributed by atoms with Gasteiger partial charge in [-0.2, -0.15) is 5.26 Å². The second-order valence-corrected chi connectivity index (χ2v) is 5.75. The number of esters is 1. The molecule has 1 aromatic rings. The Labute approximate surface area is 136 Å². The minimum atomic E-state index is -1.51. The van der Waals surface area contributed by atoms with Crippen LogP contribution in [0.15, 0.2) is 30.3 Å². The number of hydrogen-bond donors (Lipinski definition) is 0. The van der Waals surface area contributed by atoms with Crippen molar-refractivity contribution in [3.8, 4) is 6.07 Å². The first kappa shape index (κ1) is 17.0. The fraction of sp³-hybridized carbons (Fsp3) is 0.500. The van der Waals surface area contributed by atoms with Crippen LogP contribution in [0.3, 0.4) is 0 Å². The normalized spacial score (nSPS) is 23.6. The average molecular weight is 314 g/mol. The maximum atomic E-state index is 12.6. The van der Waals surface area contributed by atoms with Gasteiger partial charge in [0, 0.05) is 18.9 Å². The summed E-state index contributed by atoms with van der Waals surface area (Å²) in [6, 6.07) is 11.5. The molecule has 0 aromatic heterocycles. The predicted octanol–water partition coefficient (Wildman–Crippen LogP) is 2.66. The molecule has 2 rings (SSSR count). The van der Waals surface area contributed by atoms with E-state index in [1.54, 1.807) is 6.92 Å². The van der Waals surface area contributed by atoms with Crippen LogP contribution in [0.4, 0.5) is 0 Å². The summed E-state index contributed by atoms with van der Waals surface area (Å²) in [6.45, 7) is 4.12. The molecule has 1 heterocycles. The van der Waals surface area contributed by atoms with Crippen molar-refractivity contribution in [2.45, 2.75) is 45.2 Å². The van der Waals surface area contributed by atoms with E-state index >= 15 is 0 Å². The first-order valence-corrected chi connectivity index (χ1v) is 8.03. The Morgan fingerprint density at radius 2 is 2.09 bits per heavy atom. The summed E-state index contributed by atoms with van der Waals surface area (Å²) in [6.07, 6.45) is 1.66. The zero-order valence-corrected chi connectivity index (χ0v) is 13.6. The van der Waals surface area contributed by atoms with Crippen LogP contribution >= 0.6 is 0 Å². The molecule has 0 N–H and O–H groups in total. The lowest BCUT2D eigenvalue weighted by Crippen LogP contribution is -2.54. The van der Waals surface area contributed by atoms with Gasteiger partial charge < -0.3 is 9.64 Å². The zero-order valence-electron chi connectivity index (χ0n) is 13.6. The van der Waals surface area contributed by atoms with Gasteiger partial charge in [0.15, 0.2) is 0 Å². The van der Waals surface area contributed by atoms with Crippen LogP contribution in [-0.4, -0.2) is 28.9 Å². The molecule has 0 aliphatic carbocycles. The number of ether oxygens (including phenoxy) is 1. The van der Waals surface area contributed by atoms with Gasteiger partial charge in [0.05, 0.1) is 6.61 Å². The highest BCUT2D eigenvalue weighted by atomic mass is 16.5. The molecular formula is C18H22N2O3. The molecule has 1 aromatic carbocycles. The molecule has 1 aliphatic rings. The van der Waals surface area contributed by atoms with E-state index in [-0.39, 0.29) is 31.4 Å². The highest BCUT2D eigenvalue weighted by Gasteiger charge is 2.59. The van der Waals surface area contributed by atoms with Crippen molar-refractivity contribution in [1.82, 2.24) is 4.90 Å². The first-order chi connectivity index (χ1) is 11.1. The third-order valence-electron chi connectivity index (χ3n) is 4.32. The van der Waals surface area contributed by atoms with E-state index in [9.17, 15) is 14.9 Å². The lowest BCUT2D eigenvalue weighted by atomic mass is 9.82. The molecular weight excluding hydrogens is 292 g/mol. The van der Waals surface area contributed by atoms with E-state index in [4.69, 9.17) is 4.74 Å². The van der Waals surface area contributed by atoms with Crippen molar-refractivity contribution >= 4 is 11.9 Å². The third-order valence-corrected chi connectivity index (χ3v) is 4.32. The summed E-state index contributed by atoms with van der Waals surface area (Å²) in [4.78, 5) is 26.5. The standard InChI is InChI=1S/C18H22N2O3/c1-3-8-15-11-16(21)20(12-14-9-6-5-7-10-14)18(15,13-19)17(22)23-4-2/h5-7,9-10,15H,3-4,8,11-12H2,1-2H3/t15-,18+/m1/s1. The number of amides is 1. The van der Waals surface area contributed by atoms with Gasteiger partial charge in [-0.25, -0.2) is 4.79 Å². The van der Waals surface area contributed by atoms with Crippen LogP contribution in [0.2, 0.25) is 0 Å². The Bertz CT molecular complexity index is 608. The SMILES string of the molecule is CCC[C@@H]1CC(=O)N(Cc2ccccc2)[C@]1(C#N)C(=O)OCC. The van der Waals surface area contributed by atoms with Crippen LogP contribution in [0.1, 0.15) is 38.7 Å². The number of nitriles is 1. The number of carbonyl (C=O) groups is 2. The van der Waals surface area contributed by atoms with Crippen molar-refractivity contribution in [3.63, 3.8) is 0 Å². The number of hydrogen-bond acceptors (Lipinski definition) is 4. The Kier molecular flexibility index (Phi) is 5.38. The second kappa shape index (κ2) is 7.28. The van der Waals surface area contributed by atoms with Crippen molar-refractivity contribution in [2.24, 2.45) is 5.92 Å². The lowest BCUT2D eigenvalue weighted by Gasteiger charge is -2.34. The quantitative estimate of drug-likeness (QED) is 0.757. The van der Waals surface area contributed by atoms with Crippen LogP contribution in [0.5, 0.6) is 0 Å². The zero-order chi connectivity index (χ0) is 16.9. The fourth-order valence-electron chi connectivity index (χ4n) is 3.24. The molecule has 0 bridgehead atoms. The molecule has 122 valence electrons. The summed E-state index contributed by atoms with van der Waals surface area (Å²) in [7, 11) is 0. The second-order valence-electron chi connectivity index (χ2n) is 5.75. The van der Waals surface area contributed by atoms with E-state index in [1.165, 1.54) is 4.90 Å². The van der Waals surface area contributed by atoms with Crippen molar-refractivity contribution in [3.05, 3.63) is 35.9 Å². The number of likely N-dealkylation sites (tertiary alicyclic amines) is 1. The first-order valence-electron chi connectivity index (χ1n) is 8.03. The van der Waals surface area contributed by atoms with Crippen LogP contribution in [0.25, 0.3) is 0 Å². The van der Waals surface area contributed by atoms with E-state index in [0.717, 1.165) is 12.0 Å². The van der Waals surface area contributed by atoms with E-state index < -0.39 is 11.5 Å². The van der Waals surface area contributed by atoms with Gasteiger partial charge >= 0.3 is 5.97 Å². The molecule has 2 atom stereocenters. The van der Waals surface area contributed by atoms with Gasteiger partial charge in [0.1, 0.15) is 6.07 Å². The van der Waals surface area contributed by atoms with Crippen LogP contribution in [0, 0.1) is 17.2 Å². The largest absolute Gasteiger partial charge is 0.463 e. The molecule has 0 saturated carbocycles. The van der Waals surface area contributed by atoms with E-state index in [2.05, 4.69) is 6.07 Å². The monoisotopic (exact) mass is 314 g/mol. The van der Waals surface area contributed by atoms with Gasteiger partial charge in [-0.1, -0.05) is 43.7 Å². The summed E-state index contributed by atoms with van der Waals surface area (Å²) >= 11 is 0. The molecule has 5 nitrogen and oxygen atoms in total. The Hall–Kier alpha value is -2.35. The van der Waals surface area contributed by atoms with Crippen molar-refractivity contribution < 1.29 is 14.3 Å². The molecule has 23 heavy (non-hydrogen) atoms. The van der Waals surface area contributed by atoms with Gasteiger partial charge in [-0.05, 0) is 18.9 Å². The van der Waals surface area contributed by atoms with Crippen molar-refractivity contribution in [1.29, 1.82) is 5.26 Å². The molecule has 1 aliphatic heterocycles. The summed E-state index contributed by atoms with van der Waals surface area (Å²) in [5.74, 6) is -1.10. The summed E-state index contributed by atoms with van der Waals surface area (Å²) in [5, 5.41) is 9.83. The minimum absolute atomic E-state index is 0.165. The average Bonchev–Trinajstić information content (AvgIpc) is 2.81. The van der Waals surface area contributed by atoms with Crippen molar-refractivity contribution in [2.75, 3.05) is 6.61 Å². The molecule has 1 saturated heterocycles. The van der Waals surface area contributed by atoms with Crippen LogP contribution in [-0.2, 0) is 20.9 Å². The highest BCUT2D eigenvalue weighted by molar-refractivity contribution is 5.95. The van der Waals surface area contributed by atoms with E-state index in [0.29, 0.717) is 6.42 Å².